The summed E-state index contributed by atoms with van der Waals surface area (Å²) in [6.07, 6.45) is 5.69. The van der Waals surface area contributed by atoms with Gasteiger partial charge in [-0.25, -0.2) is 0 Å². The zero-order chi connectivity index (χ0) is 10.6. The van der Waals surface area contributed by atoms with Crippen LogP contribution in [0.3, 0.4) is 0 Å². The highest BCUT2D eigenvalue weighted by molar-refractivity contribution is 7.10. The van der Waals surface area contributed by atoms with E-state index < -0.39 is 0 Å². The average molecular weight is 235 g/mol. The molecule has 1 saturated heterocycles. The molecule has 3 heterocycles. The molecule has 1 N–H and O–H groups in total. The van der Waals surface area contributed by atoms with Crippen molar-refractivity contribution < 1.29 is 4.74 Å². The van der Waals surface area contributed by atoms with Crippen molar-refractivity contribution in [3.05, 3.63) is 21.9 Å². The Morgan fingerprint density at radius 2 is 2.38 bits per heavy atom. The van der Waals surface area contributed by atoms with Crippen molar-refractivity contribution in [3.8, 4) is 0 Å². The first kappa shape index (κ1) is 9.63. The highest BCUT2D eigenvalue weighted by Crippen LogP contribution is 2.47. The summed E-state index contributed by atoms with van der Waals surface area (Å²) in [5.74, 6) is 0.867. The molecule has 0 aromatic carbocycles. The topological polar surface area (TPSA) is 21.3 Å². The lowest BCUT2D eigenvalue weighted by Crippen LogP contribution is -2.47. The zero-order valence-corrected chi connectivity index (χ0v) is 10.2. The third-order valence-corrected chi connectivity index (χ3v) is 5.44. The number of ether oxygens (including phenoxy) is 1. The van der Waals surface area contributed by atoms with Crippen LogP contribution in [0.5, 0.6) is 0 Å². The van der Waals surface area contributed by atoms with Crippen molar-refractivity contribution in [2.45, 2.75) is 37.3 Å². The molecule has 2 atom stereocenters. The van der Waals surface area contributed by atoms with Gasteiger partial charge in [0.15, 0.2) is 0 Å². The molecule has 2 nitrogen and oxygen atoms in total. The molecule has 1 aliphatic carbocycles. The average Bonchev–Trinajstić information content (AvgIpc) is 2.88. The fourth-order valence-electron chi connectivity index (χ4n) is 3.23. The van der Waals surface area contributed by atoms with E-state index in [0.717, 1.165) is 19.1 Å². The lowest BCUT2D eigenvalue weighted by Gasteiger charge is -2.33. The van der Waals surface area contributed by atoms with E-state index in [1.54, 1.807) is 10.4 Å². The summed E-state index contributed by atoms with van der Waals surface area (Å²) in [6.45, 7) is 2.01. The number of thiophene rings is 1. The minimum atomic E-state index is 0.176. The van der Waals surface area contributed by atoms with Gasteiger partial charge >= 0.3 is 0 Å². The van der Waals surface area contributed by atoms with Crippen LogP contribution in [-0.4, -0.2) is 19.3 Å². The Kier molecular flexibility index (Phi) is 1.99. The molecule has 16 heavy (non-hydrogen) atoms. The van der Waals surface area contributed by atoms with Gasteiger partial charge in [0.2, 0.25) is 0 Å². The summed E-state index contributed by atoms with van der Waals surface area (Å²) >= 11 is 1.91. The summed E-state index contributed by atoms with van der Waals surface area (Å²) in [7, 11) is 0. The van der Waals surface area contributed by atoms with Crippen LogP contribution in [0.25, 0.3) is 0 Å². The molecule has 1 spiro atoms. The van der Waals surface area contributed by atoms with Crippen molar-refractivity contribution in [2.24, 2.45) is 5.92 Å². The van der Waals surface area contributed by atoms with E-state index >= 15 is 0 Å². The number of fused-ring (bicyclic) bond motifs is 2. The van der Waals surface area contributed by atoms with Gasteiger partial charge in [0.1, 0.15) is 0 Å². The fourth-order valence-corrected chi connectivity index (χ4v) is 4.36. The van der Waals surface area contributed by atoms with Gasteiger partial charge in [-0.05, 0) is 48.6 Å². The lowest BCUT2D eigenvalue weighted by molar-refractivity contribution is 0.0855. The molecular weight excluding hydrogens is 218 g/mol. The molecule has 0 radical (unpaired) electrons. The van der Waals surface area contributed by atoms with E-state index in [0.29, 0.717) is 6.10 Å². The Labute approximate surface area is 100 Å². The van der Waals surface area contributed by atoms with Crippen LogP contribution in [0.2, 0.25) is 0 Å². The first-order valence-electron chi connectivity index (χ1n) is 6.31. The Balaban J connectivity index is 1.68. The number of rotatable bonds is 1. The lowest BCUT2D eigenvalue weighted by atomic mass is 9.87. The fraction of sp³-hybridized carbons (Fsp3) is 0.692. The van der Waals surface area contributed by atoms with E-state index in [-0.39, 0.29) is 5.54 Å². The number of hydrogen-bond donors (Lipinski definition) is 1. The minimum absolute atomic E-state index is 0.176. The standard InChI is InChI=1S/C13H17NOS/c1-2-9(1)11-7-13(8-15-11)12-10(3-5-14-13)4-6-16-12/h4,6,9,11,14H,1-3,5,7-8H2. The molecule has 3 heteroatoms. The third-order valence-electron chi connectivity index (χ3n) is 4.28. The molecule has 86 valence electrons. The molecule has 2 aliphatic heterocycles. The third kappa shape index (κ3) is 1.31. The summed E-state index contributed by atoms with van der Waals surface area (Å²) in [4.78, 5) is 1.56. The monoisotopic (exact) mass is 235 g/mol. The van der Waals surface area contributed by atoms with Crippen LogP contribution in [0, 0.1) is 5.92 Å². The second-order valence-corrected chi connectivity index (χ2v) is 6.34. The quantitative estimate of drug-likeness (QED) is 0.806. The van der Waals surface area contributed by atoms with Crippen molar-refractivity contribution in [1.29, 1.82) is 0 Å². The van der Waals surface area contributed by atoms with Gasteiger partial charge in [-0.15, -0.1) is 11.3 Å². The van der Waals surface area contributed by atoms with E-state index in [4.69, 9.17) is 4.74 Å². The van der Waals surface area contributed by atoms with Crippen molar-refractivity contribution in [3.63, 3.8) is 0 Å². The van der Waals surface area contributed by atoms with Gasteiger partial charge < -0.3 is 10.1 Å². The normalized spacial score (nSPS) is 37.9. The van der Waals surface area contributed by atoms with Gasteiger partial charge in [-0.1, -0.05) is 0 Å². The highest BCUT2D eigenvalue weighted by atomic mass is 32.1. The van der Waals surface area contributed by atoms with Crippen molar-refractivity contribution in [2.75, 3.05) is 13.2 Å². The Morgan fingerprint density at radius 3 is 3.25 bits per heavy atom. The molecular formula is C13H17NOS. The molecule has 1 saturated carbocycles. The second-order valence-electron chi connectivity index (χ2n) is 5.42. The maximum absolute atomic E-state index is 6.04. The highest BCUT2D eigenvalue weighted by Gasteiger charge is 2.48. The van der Waals surface area contributed by atoms with Gasteiger partial charge in [-0.3, -0.25) is 0 Å². The molecule has 2 unspecified atom stereocenters. The first-order chi connectivity index (χ1) is 7.87. The second kappa shape index (κ2) is 3.31. The minimum Gasteiger partial charge on any atom is -0.376 e. The molecule has 1 aromatic heterocycles. The van der Waals surface area contributed by atoms with Gasteiger partial charge in [0, 0.05) is 11.4 Å². The van der Waals surface area contributed by atoms with Crippen LogP contribution >= 0.6 is 11.3 Å². The first-order valence-corrected chi connectivity index (χ1v) is 7.19. The summed E-state index contributed by atoms with van der Waals surface area (Å²) in [5.41, 5.74) is 1.73. The van der Waals surface area contributed by atoms with Crippen molar-refractivity contribution >= 4 is 11.3 Å². The zero-order valence-electron chi connectivity index (χ0n) is 9.37. The van der Waals surface area contributed by atoms with E-state index in [1.165, 1.54) is 25.7 Å². The van der Waals surface area contributed by atoms with Gasteiger partial charge in [0.05, 0.1) is 18.2 Å². The largest absolute Gasteiger partial charge is 0.376 e. The SMILES string of the molecule is c1cc2c(s1)C1(COC(C3CC3)C1)NCC2. The molecule has 0 amide bonds. The summed E-state index contributed by atoms with van der Waals surface area (Å²) in [6, 6.07) is 2.30. The Morgan fingerprint density at radius 1 is 1.44 bits per heavy atom. The van der Waals surface area contributed by atoms with E-state index in [1.807, 2.05) is 11.3 Å². The summed E-state index contributed by atoms with van der Waals surface area (Å²) < 4.78 is 6.04. The molecule has 0 bridgehead atoms. The van der Waals surface area contributed by atoms with Crippen LogP contribution in [0.1, 0.15) is 29.7 Å². The molecule has 2 fully saturated rings. The maximum atomic E-state index is 6.04. The smallest absolute Gasteiger partial charge is 0.0793 e. The molecule has 3 aliphatic rings. The summed E-state index contributed by atoms with van der Waals surface area (Å²) in [5, 5.41) is 5.97. The van der Waals surface area contributed by atoms with Gasteiger partial charge in [0.25, 0.3) is 0 Å². The van der Waals surface area contributed by atoms with Crippen molar-refractivity contribution in [1.82, 2.24) is 5.32 Å². The Bertz CT molecular complexity index is 412. The predicted octanol–water partition coefficient (Wildman–Crippen LogP) is 2.29. The van der Waals surface area contributed by atoms with Crippen LogP contribution < -0.4 is 5.32 Å². The predicted molar refractivity (Wildman–Crippen MR) is 64.8 cm³/mol. The van der Waals surface area contributed by atoms with E-state index in [2.05, 4.69) is 16.8 Å². The van der Waals surface area contributed by atoms with Crippen LogP contribution in [0.4, 0.5) is 0 Å². The van der Waals surface area contributed by atoms with E-state index in [9.17, 15) is 0 Å². The van der Waals surface area contributed by atoms with Gasteiger partial charge in [-0.2, -0.15) is 0 Å². The van der Waals surface area contributed by atoms with Crippen LogP contribution in [-0.2, 0) is 16.7 Å². The van der Waals surface area contributed by atoms with Crippen LogP contribution in [0.15, 0.2) is 11.4 Å². The number of nitrogens with one attached hydrogen (secondary N) is 1. The molecule has 4 rings (SSSR count). The maximum Gasteiger partial charge on any atom is 0.0793 e. The Hall–Kier alpha value is -0.380. The number of hydrogen-bond acceptors (Lipinski definition) is 3. The molecule has 1 aromatic rings.